The molecule has 0 bridgehead atoms. The van der Waals surface area contributed by atoms with E-state index in [0.717, 1.165) is 44.5 Å². The van der Waals surface area contributed by atoms with Crippen LogP contribution in [0, 0.1) is 11.3 Å². The van der Waals surface area contributed by atoms with Crippen molar-refractivity contribution in [1.82, 2.24) is 15.1 Å². The van der Waals surface area contributed by atoms with Crippen LogP contribution >= 0.6 is 0 Å². The van der Waals surface area contributed by atoms with E-state index in [0.29, 0.717) is 31.5 Å². The van der Waals surface area contributed by atoms with Crippen LogP contribution in [-0.4, -0.2) is 53.8 Å². The molecule has 1 heterocycles. The summed E-state index contributed by atoms with van der Waals surface area (Å²) in [6, 6.07) is 37.4. The van der Waals surface area contributed by atoms with E-state index in [4.69, 9.17) is 0 Å². The molecule has 0 aromatic heterocycles. The molecule has 1 atom stereocenters. The average molecular weight is 599 g/mol. The van der Waals surface area contributed by atoms with Crippen LogP contribution in [0.3, 0.4) is 0 Å². The number of nitrogens with zero attached hydrogens (tertiary/aromatic N) is 3. The SMILES string of the molecule is CC(=O)NCCc1ccccc1Cc1ccccc1CCC(=O)N1CCN(Cc2ccccc2)CC1Cc1ccc(C#N)cc1. The topological polar surface area (TPSA) is 76.4 Å². The summed E-state index contributed by atoms with van der Waals surface area (Å²) >= 11 is 0. The lowest BCUT2D eigenvalue weighted by Gasteiger charge is -2.42. The van der Waals surface area contributed by atoms with Gasteiger partial charge < -0.3 is 10.2 Å². The molecule has 1 N–H and O–H groups in total. The molecule has 4 aromatic rings. The number of carbonyl (C=O) groups excluding carboxylic acids is 2. The van der Waals surface area contributed by atoms with Crippen LogP contribution < -0.4 is 5.32 Å². The maximum absolute atomic E-state index is 13.9. The van der Waals surface area contributed by atoms with E-state index >= 15 is 0 Å². The Morgan fingerprint density at radius 2 is 1.40 bits per heavy atom. The van der Waals surface area contributed by atoms with Gasteiger partial charge in [-0.25, -0.2) is 0 Å². The fraction of sp³-hybridized carbons (Fsp3) is 0.308. The Labute approximate surface area is 267 Å². The first-order chi connectivity index (χ1) is 22.0. The molecule has 5 rings (SSSR count). The first kappa shape index (κ1) is 31.7. The number of hydrogen-bond donors (Lipinski definition) is 1. The van der Waals surface area contributed by atoms with Gasteiger partial charge in [0.05, 0.1) is 11.6 Å². The molecule has 0 spiro atoms. The monoisotopic (exact) mass is 598 g/mol. The molecule has 6 heteroatoms. The minimum Gasteiger partial charge on any atom is -0.356 e. The molecule has 1 aliphatic rings. The van der Waals surface area contributed by atoms with Gasteiger partial charge in [0.25, 0.3) is 0 Å². The van der Waals surface area contributed by atoms with E-state index in [1.165, 1.54) is 27.8 Å². The number of piperazine rings is 1. The van der Waals surface area contributed by atoms with E-state index in [9.17, 15) is 14.9 Å². The fourth-order valence-corrected chi connectivity index (χ4v) is 6.31. The molecular formula is C39H42N4O2. The van der Waals surface area contributed by atoms with Gasteiger partial charge >= 0.3 is 0 Å². The summed E-state index contributed by atoms with van der Waals surface area (Å²) in [6.07, 6.45) is 3.49. The fourth-order valence-electron chi connectivity index (χ4n) is 6.31. The van der Waals surface area contributed by atoms with Crippen LogP contribution in [0.2, 0.25) is 0 Å². The van der Waals surface area contributed by atoms with Crippen LogP contribution in [0.15, 0.2) is 103 Å². The number of carbonyl (C=O) groups is 2. The molecule has 1 fully saturated rings. The Morgan fingerprint density at radius 3 is 2.04 bits per heavy atom. The summed E-state index contributed by atoms with van der Waals surface area (Å²) < 4.78 is 0. The average Bonchev–Trinajstić information content (AvgIpc) is 3.06. The largest absolute Gasteiger partial charge is 0.356 e. The molecule has 0 aliphatic carbocycles. The van der Waals surface area contributed by atoms with E-state index in [1.54, 1.807) is 6.92 Å². The minimum absolute atomic E-state index is 0.0146. The standard InChI is InChI=1S/C39H42N4O2/c1-30(44)41-22-21-35-12-6-8-14-37(35)26-36-13-7-5-11-34(36)19-20-39(45)43-24-23-42(28-33-9-3-2-4-10-33)29-38(43)25-31-15-17-32(27-40)18-16-31/h2-18,38H,19-26,28-29H2,1H3,(H,41,44). The van der Waals surface area contributed by atoms with Crippen molar-refractivity contribution in [3.63, 3.8) is 0 Å². The van der Waals surface area contributed by atoms with Gasteiger partial charge in [-0.1, -0.05) is 91.0 Å². The van der Waals surface area contributed by atoms with Gasteiger partial charge in [-0.3, -0.25) is 14.5 Å². The van der Waals surface area contributed by atoms with E-state index in [1.807, 2.05) is 36.4 Å². The number of rotatable bonds is 12. The van der Waals surface area contributed by atoms with Crippen LogP contribution in [-0.2, 0) is 41.8 Å². The van der Waals surface area contributed by atoms with Crippen molar-refractivity contribution in [2.45, 2.75) is 51.6 Å². The van der Waals surface area contributed by atoms with Crippen molar-refractivity contribution in [2.24, 2.45) is 0 Å². The quantitative estimate of drug-likeness (QED) is 0.227. The van der Waals surface area contributed by atoms with E-state index in [2.05, 4.69) is 87.9 Å². The van der Waals surface area contributed by atoms with E-state index in [-0.39, 0.29) is 17.9 Å². The van der Waals surface area contributed by atoms with Crippen LogP contribution in [0.1, 0.15) is 52.3 Å². The Kier molecular flexibility index (Phi) is 11.1. The molecule has 1 unspecified atom stereocenters. The molecule has 2 amide bonds. The van der Waals surface area contributed by atoms with Gasteiger partial charge in [0, 0.05) is 52.1 Å². The molecular weight excluding hydrogens is 556 g/mol. The summed E-state index contributed by atoms with van der Waals surface area (Å²) in [5, 5.41) is 12.1. The van der Waals surface area contributed by atoms with Gasteiger partial charge in [0.1, 0.15) is 0 Å². The van der Waals surface area contributed by atoms with Crippen molar-refractivity contribution in [1.29, 1.82) is 5.26 Å². The summed E-state index contributed by atoms with van der Waals surface area (Å²) in [5.41, 5.74) is 7.99. The minimum atomic E-state index is -0.0146. The molecule has 0 radical (unpaired) electrons. The number of hydrogen-bond acceptors (Lipinski definition) is 4. The summed E-state index contributed by atoms with van der Waals surface area (Å²) in [4.78, 5) is 29.8. The highest BCUT2D eigenvalue weighted by Crippen LogP contribution is 2.22. The Morgan fingerprint density at radius 1 is 0.778 bits per heavy atom. The number of benzene rings is 4. The molecule has 1 saturated heterocycles. The zero-order valence-corrected chi connectivity index (χ0v) is 26.1. The Balaban J connectivity index is 1.26. The number of nitrogens with one attached hydrogen (secondary N) is 1. The van der Waals surface area contributed by atoms with E-state index < -0.39 is 0 Å². The van der Waals surface area contributed by atoms with Crippen LogP contribution in [0.5, 0.6) is 0 Å². The van der Waals surface area contributed by atoms with Gasteiger partial charge in [-0.15, -0.1) is 0 Å². The number of amides is 2. The second kappa shape index (κ2) is 15.8. The zero-order chi connectivity index (χ0) is 31.4. The summed E-state index contributed by atoms with van der Waals surface area (Å²) in [6.45, 7) is 5.39. The normalized spacial score (nSPS) is 14.9. The third kappa shape index (κ3) is 9.14. The predicted octanol–water partition coefficient (Wildman–Crippen LogP) is 5.72. The first-order valence-electron chi connectivity index (χ1n) is 15.9. The molecule has 6 nitrogen and oxygen atoms in total. The highest BCUT2D eigenvalue weighted by atomic mass is 16.2. The van der Waals surface area contributed by atoms with Crippen LogP contribution in [0.25, 0.3) is 0 Å². The zero-order valence-electron chi connectivity index (χ0n) is 26.1. The third-order valence-corrected chi connectivity index (χ3v) is 8.68. The predicted molar refractivity (Wildman–Crippen MR) is 178 cm³/mol. The van der Waals surface area contributed by atoms with Crippen molar-refractivity contribution in [3.8, 4) is 6.07 Å². The highest BCUT2D eigenvalue weighted by Gasteiger charge is 2.30. The molecule has 230 valence electrons. The third-order valence-electron chi connectivity index (χ3n) is 8.68. The maximum Gasteiger partial charge on any atom is 0.223 e. The second-order valence-corrected chi connectivity index (χ2v) is 11.9. The molecule has 0 saturated carbocycles. The first-order valence-corrected chi connectivity index (χ1v) is 15.9. The van der Waals surface area contributed by atoms with Gasteiger partial charge in [-0.2, -0.15) is 5.26 Å². The molecule has 45 heavy (non-hydrogen) atoms. The lowest BCUT2D eigenvalue weighted by molar-refractivity contribution is -0.136. The Bertz CT molecular complexity index is 1610. The van der Waals surface area contributed by atoms with Gasteiger partial charge in [-0.05, 0) is 71.2 Å². The van der Waals surface area contributed by atoms with Gasteiger partial charge in [0.2, 0.25) is 11.8 Å². The lowest BCUT2D eigenvalue weighted by atomic mass is 9.93. The van der Waals surface area contributed by atoms with Crippen molar-refractivity contribution >= 4 is 11.8 Å². The maximum atomic E-state index is 13.9. The lowest BCUT2D eigenvalue weighted by Crippen LogP contribution is -2.55. The van der Waals surface area contributed by atoms with Crippen molar-refractivity contribution in [2.75, 3.05) is 26.2 Å². The van der Waals surface area contributed by atoms with Crippen LogP contribution in [0.4, 0.5) is 0 Å². The summed E-state index contributed by atoms with van der Waals surface area (Å²) in [5.74, 6) is 0.178. The number of nitriles is 1. The molecule has 4 aromatic carbocycles. The Hall–Kier alpha value is -4.73. The summed E-state index contributed by atoms with van der Waals surface area (Å²) in [7, 11) is 0. The number of aryl methyl sites for hydroxylation is 1. The smallest absolute Gasteiger partial charge is 0.223 e. The van der Waals surface area contributed by atoms with Gasteiger partial charge in [0.15, 0.2) is 0 Å². The molecule has 1 aliphatic heterocycles. The van der Waals surface area contributed by atoms with Crippen molar-refractivity contribution in [3.05, 3.63) is 142 Å². The highest BCUT2D eigenvalue weighted by molar-refractivity contribution is 5.77. The second-order valence-electron chi connectivity index (χ2n) is 11.9. The van der Waals surface area contributed by atoms with Crippen molar-refractivity contribution < 1.29 is 9.59 Å².